The van der Waals surface area contributed by atoms with Crippen LogP contribution in [0.4, 0.5) is 0 Å². The zero-order valence-corrected chi connectivity index (χ0v) is 58.1. The maximum atomic E-state index is 5.10. The van der Waals surface area contributed by atoms with Crippen molar-refractivity contribution in [2.45, 2.75) is 19.3 Å². The Morgan fingerprint density at radius 3 is 0.901 bits per heavy atom. The smallest absolute Gasteiger partial charge is 0.168 e. The molecule has 8 aromatic heterocycles. The molecule has 0 bridgehead atoms. The number of allylic oxidation sites excluding steroid dienone is 4. The molecule has 20 nitrogen and oxygen atoms in total. The number of nitrogens with one attached hydrogen (secondary N) is 1. The first kappa shape index (κ1) is 80.8. The summed E-state index contributed by atoms with van der Waals surface area (Å²) < 4.78 is 20.5. The van der Waals surface area contributed by atoms with Gasteiger partial charge in [0, 0.05) is 220 Å². The van der Waals surface area contributed by atoms with Gasteiger partial charge in [0.05, 0.1) is 32.2 Å². The first-order valence-electron chi connectivity index (χ1n) is 31.4. The highest BCUT2D eigenvalue weighted by atomic mass is 16.5. The molecular weight excluding hydrogens is 1130 g/mol. The van der Waals surface area contributed by atoms with Gasteiger partial charge < -0.3 is 57.4 Å². The monoisotopic (exact) mass is 1250 g/mol. The highest BCUT2D eigenvalue weighted by molar-refractivity contribution is 5.08. The van der Waals surface area contributed by atoms with Gasteiger partial charge in [-0.05, 0) is 109 Å². The number of hydrogen-bond acceptors (Lipinski definition) is 12. The normalized spacial score (nSPS) is 15.0. The summed E-state index contributed by atoms with van der Waals surface area (Å²) in [4.78, 5) is 24.8. The maximum absolute atomic E-state index is 5.10. The number of piperazine rings is 1. The summed E-state index contributed by atoms with van der Waals surface area (Å²) in [5.41, 5.74) is 0. The van der Waals surface area contributed by atoms with Crippen LogP contribution in [-0.2, 0) is 61.1 Å². The maximum Gasteiger partial charge on any atom is 0.168 e. The average Bonchev–Trinajstić information content (AvgIpc) is 4.45. The van der Waals surface area contributed by atoms with Crippen LogP contribution in [0.3, 0.4) is 0 Å². The molecule has 91 heavy (non-hydrogen) atoms. The van der Waals surface area contributed by atoms with Crippen molar-refractivity contribution in [3.63, 3.8) is 0 Å². The van der Waals surface area contributed by atoms with Crippen LogP contribution in [0.5, 0.6) is 0 Å². The lowest BCUT2D eigenvalue weighted by Gasteiger charge is -2.21. The molecule has 0 radical (unpaired) electrons. The Morgan fingerprint density at radius 2 is 0.747 bits per heavy atom. The van der Waals surface area contributed by atoms with Crippen molar-refractivity contribution >= 4 is 0 Å². The molecule has 0 atom stereocenters. The van der Waals surface area contributed by atoms with Gasteiger partial charge >= 0.3 is 0 Å². The number of ether oxygens (including phenoxy) is 1. The lowest BCUT2D eigenvalue weighted by molar-refractivity contribution is -0.671. The largest absolute Gasteiger partial charge is 0.379 e. The molecule has 500 valence electrons. The van der Waals surface area contributed by atoms with E-state index in [1.54, 1.807) is 48.5 Å². The number of rotatable bonds is 0. The number of piperidine rings is 1. The summed E-state index contributed by atoms with van der Waals surface area (Å²) in [5.74, 6) is 0. The van der Waals surface area contributed by atoms with Crippen LogP contribution in [0, 0.1) is 0 Å². The fourth-order valence-electron chi connectivity index (χ4n) is 7.33. The summed E-state index contributed by atoms with van der Waals surface area (Å²) >= 11 is 0. The van der Waals surface area contributed by atoms with Gasteiger partial charge in [-0.15, -0.1) is 0 Å². The van der Waals surface area contributed by atoms with Crippen LogP contribution in [0.25, 0.3) is 0 Å². The summed E-state index contributed by atoms with van der Waals surface area (Å²) in [7, 11) is 28.4. The van der Waals surface area contributed by atoms with E-state index in [4.69, 9.17) is 4.74 Å². The first-order chi connectivity index (χ1) is 44.0. The summed E-state index contributed by atoms with van der Waals surface area (Å²) in [6.07, 6.45) is 61.0. The van der Waals surface area contributed by atoms with Crippen molar-refractivity contribution in [3.05, 3.63) is 246 Å². The molecule has 0 aliphatic carbocycles. The van der Waals surface area contributed by atoms with E-state index >= 15 is 0 Å². The average molecular weight is 1250 g/mol. The van der Waals surface area contributed by atoms with Gasteiger partial charge in [0.1, 0.15) is 14.1 Å². The molecule has 6 aliphatic heterocycles. The lowest BCUT2D eigenvalue weighted by Crippen LogP contribution is -2.40. The van der Waals surface area contributed by atoms with E-state index in [1.165, 1.54) is 45.4 Å². The molecule has 3 saturated heterocycles. The number of likely N-dealkylation sites (tertiary alicyclic amines) is 1. The van der Waals surface area contributed by atoms with Gasteiger partial charge in [-0.3, -0.25) is 9.58 Å². The molecule has 1 N–H and O–H groups in total. The predicted octanol–water partition coefficient (Wildman–Crippen LogP) is 7.82. The Hall–Kier alpha value is -8.24. The Balaban J connectivity index is 0.000000490. The summed E-state index contributed by atoms with van der Waals surface area (Å²) in [6, 6.07) is 21.9. The van der Waals surface area contributed by atoms with Crippen LogP contribution in [0.15, 0.2) is 246 Å². The summed E-state index contributed by atoms with van der Waals surface area (Å²) in [6.45, 7) is 15.8. The minimum atomic E-state index is 0.913. The fraction of sp³-hybridized carbons (Fsp3) is 0.437. The molecular formula is C71H117N19O+2. The SMILES string of the molecule is CN1C=CC=CC1.CN1C=CC=CC1.CN1CC=CC1.CN1CCCCC1.CN1CCNCC1.CN1CCOCC1.C[n+]1ccccc1.C[n+]1ccccc1.Cn1cccc1.Cn1cccc1.Cn1cccn1.Cn1ccnc1.Cn1ccnc1.Cn1ccnc1. The molecule has 3 fully saturated rings. The summed E-state index contributed by atoms with van der Waals surface area (Å²) in [5, 5.41) is 7.11. The van der Waals surface area contributed by atoms with Crippen LogP contribution in [0.2, 0.25) is 0 Å². The second-order valence-corrected chi connectivity index (χ2v) is 22.1. The van der Waals surface area contributed by atoms with Crippen molar-refractivity contribution in [2.75, 3.05) is 134 Å². The number of aryl methyl sites for hydroxylation is 8. The van der Waals surface area contributed by atoms with E-state index in [1.807, 2.05) is 242 Å². The van der Waals surface area contributed by atoms with Gasteiger partial charge in [-0.1, -0.05) is 55.0 Å². The molecule has 0 spiro atoms. The number of morpholine rings is 1. The Bertz CT molecular complexity index is 2450. The zero-order valence-electron chi connectivity index (χ0n) is 58.1. The van der Waals surface area contributed by atoms with Crippen molar-refractivity contribution in [3.8, 4) is 0 Å². The van der Waals surface area contributed by atoms with Crippen molar-refractivity contribution in [2.24, 2.45) is 56.4 Å². The standard InChI is InChI=1S/C6H13N.2C6H9N.2C6H8N.C5H12N2.C5H11NO.C5H9N.2C5H7N.4C4H6N2/c5*1-7-5-3-2-4-6-7;1-7-4-2-6-3-5-7;1-6-2-4-7-5-3-6;3*1-6-4-2-3-5-6;3*1-6-3-2-5-4-6;1-6-4-2-3-5-6/h2-6H2,1H3;2*2-5H,6H2,1H3;2*2-6H,1H3;6H,2-5H2,1H3;2-5H2,1H3;2-3H,4-5H2,1H3;2*2-5H,1H3;4*2-4H,1H3/q;;;2*+1;;;;;;;;;. The number of likely N-dealkylation sites (N-methyl/N-ethyl adjacent to an activating group) is 5. The van der Waals surface area contributed by atoms with Crippen molar-refractivity contribution in [1.29, 1.82) is 0 Å². The van der Waals surface area contributed by atoms with E-state index in [-0.39, 0.29) is 0 Å². The highest BCUT2D eigenvalue weighted by Crippen LogP contribution is 2.05. The topological polar surface area (TPSA) is 130 Å². The molecule has 20 heteroatoms. The second-order valence-electron chi connectivity index (χ2n) is 22.1. The number of pyridine rings is 2. The third-order valence-electron chi connectivity index (χ3n) is 12.9. The van der Waals surface area contributed by atoms with Crippen LogP contribution < -0.4 is 14.5 Å². The van der Waals surface area contributed by atoms with E-state index < -0.39 is 0 Å². The molecule has 0 amide bonds. The molecule has 14 heterocycles. The first-order valence-corrected chi connectivity index (χ1v) is 31.4. The number of nitrogens with zero attached hydrogens (tertiary/aromatic N) is 18. The molecule has 8 aromatic rings. The number of imidazole rings is 3. The van der Waals surface area contributed by atoms with Crippen LogP contribution in [-0.4, -0.2) is 211 Å². The van der Waals surface area contributed by atoms with E-state index in [0.29, 0.717) is 0 Å². The van der Waals surface area contributed by atoms with Gasteiger partial charge in [-0.25, -0.2) is 24.1 Å². The van der Waals surface area contributed by atoms with Crippen molar-refractivity contribution in [1.82, 2.24) is 82.3 Å². The van der Waals surface area contributed by atoms with Gasteiger partial charge in [0.2, 0.25) is 0 Å². The van der Waals surface area contributed by atoms with E-state index in [0.717, 1.165) is 65.6 Å². The van der Waals surface area contributed by atoms with Gasteiger partial charge in [0.15, 0.2) is 24.8 Å². The number of aromatic nitrogens is 12. The third kappa shape index (κ3) is 55.6. The molecule has 0 unspecified atom stereocenters. The Labute approximate surface area is 549 Å². The molecule has 14 rings (SSSR count). The Kier molecular flexibility index (Phi) is 50.6. The number of hydrogen-bond donors (Lipinski definition) is 1. The van der Waals surface area contributed by atoms with E-state index in [2.05, 4.69) is 146 Å². The molecule has 6 aliphatic rings. The van der Waals surface area contributed by atoms with Crippen LogP contribution >= 0.6 is 0 Å². The molecule has 0 aromatic carbocycles. The van der Waals surface area contributed by atoms with E-state index in [9.17, 15) is 0 Å². The zero-order chi connectivity index (χ0) is 66.6. The molecule has 0 saturated carbocycles. The minimum Gasteiger partial charge on any atom is -0.379 e. The van der Waals surface area contributed by atoms with Gasteiger partial charge in [-0.2, -0.15) is 5.10 Å². The highest BCUT2D eigenvalue weighted by Gasteiger charge is 2.04. The quantitative estimate of drug-likeness (QED) is 0.118. The lowest BCUT2D eigenvalue weighted by atomic mass is 10.1. The third-order valence-corrected chi connectivity index (χ3v) is 12.9. The fourth-order valence-corrected chi connectivity index (χ4v) is 7.33. The van der Waals surface area contributed by atoms with Gasteiger partial charge in [0.25, 0.3) is 0 Å². The van der Waals surface area contributed by atoms with Crippen LogP contribution in [0.1, 0.15) is 19.3 Å². The predicted molar refractivity (Wildman–Crippen MR) is 377 cm³/mol. The minimum absolute atomic E-state index is 0.913. The second kappa shape index (κ2) is 57.0. The van der Waals surface area contributed by atoms with Crippen molar-refractivity contribution < 1.29 is 13.9 Å². The Morgan fingerprint density at radius 1 is 0.352 bits per heavy atom.